The molecule has 0 spiro atoms. The first-order valence-electron chi connectivity index (χ1n) is 8.34. The van der Waals surface area contributed by atoms with E-state index in [1.165, 1.54) is 5.56 Å². The number of para-hydroxylation sites is 2. The van der Waals surface area contributed by atoms with Gasteiger partial charge in [0.15, 0.2) is 0 Å². The summed E-state index contributed by atoms with van der Waals surface area (Å²) in [6, 6.07) is 18.4. The predicted octanol–water partition coefficient (Wildman–Crippen LogP) is 4.48. The molecule has 0 saturated heterocycles. The minimum atomic E-state index is 0.425. The van der Waals surface area contributed by atoms with Crippen LogP contribution < -0.4 is 4.74 Å². The van der Waals surface area contributed by atoms with Crippen LogP contribution in [0.5, 0.6) is 5.75 Å². The fourth-order valence-corrected chi connectivity index (χ4v) is 2.80. The van der Waals surface area contributed by atoms with E-state index in [0.29, 0.717) is 13.0 Å². The lowest BCUT2D eigenvalue weighted by atomic mass is 10.2. The second-order valence-corrected chi connectivity index (χ2v) is 5.72. The predicted molar refractivity (Wildman–Crippen MR) is 94.7 cm³/mol. The number of hydrogen-bond acceptors (Lipinski definition) is 3. The standard InChI is InChI=1S/C20H21N3O/c1-2-16-8-7-9-17(14-16)24-15-20-22-18-10-3-4-11-19(18)23(20)13-6-5-12-21/h3-4,7-11,14H,2,5-6,13,15H2,1H3. The van der Waals surface area contributed by atoms with Gasteiger partial charge in [-0.2, -0.15) is 5.26 Å². The molecule has 0 aliphatic heterocycles. The number of imidazole rings is 1. The van der Waals surface area contributed by atoms with Gasteiger partial charge in [-0.25, -0.2) is 4.98 Å². The molecule has 0 unspecified atom stereocenters. The third kappa shape index (κ3) is 3.57. The van der Waals surface area contributed by atoms with Gasteiger partial charge in [-0.3, -0.25) is 0 Å². The minimum Gasteiger partial charge on any atom is -0.486 e. The fourth-order valence-electron chi connectivity index (χ4n) is 2.80. The fraction of sp³-hybridized carbons (Fsp3) is 0.300. The van der Waals surface area contributed by atoms with Gasteiger partial charge in [0.05, 0.1) is 17.1 Å². The highest BCUT2D eigenvalue weighted by molar-refractivity contribution is 5.75. The Labute approximate surface area is 142 Å². The van der Waals surface area contributed by atoms with Crippen LogP contribution in [0.4, 0.5) is 0 Å². The molecule has 1 aromatic heterocycles. The van der Waals surface area contributed by atoms with Crippen molar-refractivity contribution in [2.75, 3.05) is 0 Å². The van der Waals surface area contributed by atoms with Gasteiger partial charge >= 0.3 is 0 Å². The molecule has 1 heterocycles. The number of benzene rings is 2. The SMILES string of the molecule is CCc1cccc(OCc2nc3ccccc3n2CCCC#N)c1. The second kappa shape index (κ2) is 7.65. The Kier molecular flexibility index (Phi) is 5.12. The molecule has 0 fully saturated rings. The van der Waals surface area contributed by atoms with Crippen LogP contribution in [-0.4, -0.2) is 9.55 Å². The zero-order valence-corrected chi connectivity index (χ0v) is 13.9. The summed E-state index contributed by atoms with van der Waals surface area (Å²) in [6.07, 6.45) is 2.35. The molecule has 0 radical (unpaired) electrons. The Balaban J connectivity index is 1.82. The molecule has 0 bridgehead atoms. The van der Waals surface area contributed by atoms with E-state index < -0.39 is 0 Å². The van der Waals surface area contributed by atoms with Gasteiger partial charge in [0.25, 0.3) is 0 Å². The molecule has 0 aliphatic rings. The summed E-state index contributed by atoms with van der Waals surface area (Å²) in [5.74, 6) is 1.76. The first-order valence-corrected chi connectivity index (χ1v) is 8.34. The lowest BCUT2D eigenvalue weighted by molar-refractivity contribution is 0.289. The molecule has 0 atom stereocenters. The van der Waals surface area contributed by atoms with Gasteiger partial charge in [-0.15, -0.1) is 0 Å². The minimum absolute atomic E-state index is 0.425. The summed E-state index contributed by atoms with van der Waals surface area (Å²) in [7, 11) is 0. The smallest absolute Gasteiger partial charge is 0.147 e. The van der Waals surface area contributed by atoms with Crippen LogP contribution in [0.15, 0.2) is 48.5 Å². The average Bonchev–Trinajstić information content (AvgIpc) is 2.98. The second-order valence-electron chi connectivity index (χ2n) is 5.72. The van der Waals surface area contributed by atoms with Crippen molar-refractivity contribution >= 4 is 11.0 Å². The molecule has 2 aromatic carbocycles. The van der Waals surface area contributed by atoms with Crippen molar-refractivity contribution < 1.29 is 4.74 Å². The Morgan fingerprint density at radius 1 is 1.17 bits per heavy atom. The van der Waals surface area contributed by atoms with Crippen molar-refractivity contribution in [3.63, 3.8) is 0 Å². The van der Waals surface area contributed by atoms with Crippen LogP contribution in [-0.2, 0) is 19.6 Å². The zero-order chi connectivity index (χ0) is 16.8. The van der Waals surface area contributed by atoms with E-state index >= 15 is 0 Å². The number of unbranched alkanes of at least 4 members (excludes halogenated alkanes) is 1. The van der Waals surface area contributed by atoms with Crippen molar-refractivity contribution in [3.05, 3.63) is 59.9 Å². The summed E-state index contributed by atoms with van der Waals surface area (Å²) in [5, 5.41) is 8.78. The number of ether oxygens (including phenoxy) is 1. The highest BCUT2D eigenvalue weighted by atomic mass is 16.5. The largest absolute Gasteiger partial charge is 0.486 e. The molecule has 0 amide bonds. The van der Waals surface area contributed by atoms with Crippen molar-refractivity contribution in [3.8, 4) is 11.8 Å². The number of rotatable bonds is 7. The van der Waals surface area contributed by atoms with Gasteiger partial charge in [-0.05, 0) is 42.7 Å². The van der Waals surface area contributed by atoms with E-state index in [1.807, 2.05) is 30.3 Å². The number of nitriles is 1. The molecular weight excluding hydrogens is 298 g/mol. The van der Waals surface area contributed by atoms with Crippen molar-refractivity contribution in [2.45, 2.75) is 39.3 Å². The highest BCUT2D eigenvalue weighted by Crippen LogP contribution is 2.20. The van der Waals surface area contributed by atoms with E-state index in [2.05, 4.69) is 35.8 Å². The number of hydrogen-bond donors (Lipinski definition) is 0. The van der Waals surface area contributed by atoms with Crippen molar-refractivity contribution in [1.29, 1.82) is 5.26 Å². The van der Waals surface area contributed by atoms with E-state index in [0.717, 1.165) is 42.0 Å². The molecule has 3 rings (SSSR count). The summed E-state index contributed by atoms with van der Waals surface area (Å²) < 4.78 is 8.13. The molecule has 0 saturated carbocycles. The first-order chi connectivity index (χ1) is 11.8. The van der Waals surface area contributed by atoms with Crippen LogP contribution in [0, 0.1) is 11.3 Å². The number of aromatic nitrogens is 2. The normalized spacial score (nSPS) is 10.7. The maximum Gasteiger partial charge on any atom is 0.147 e. The van der Waals surface area contributed by atoms with E-state index in [9.17, 15) is 0 Å². The number of fused-ring (bicyclic) bond motifs is 1. The van der Waals surface area contributed by atoms with E-state index in [4.69, 9.17) is 15.0 Å². The Morgan fingerprint density at radius 3 is 2.88 bits per heavy atom. The van der Waals surface area contributed by atoms with Crippen LogP contribution in [0.1, 0.15) is 31.2 Å². The van der Waals surface area contributed by atoms with Gasteiger partial charge in [0.1, 0.15) is 18.2 Å². The molecular formula is C20H21N3O. The Morgan fingerprint density at radius 2 is 2.04 bits per heavy atom. The van der Waals surface area contributed by atoms with E-state index in [-0.39, 0.29) is 0 Å². The first kappa shape index (κ1) is 16.1. The lowest BCUT2D eigenvalue weighted by Gasteiger charge is -2.10. The van der Waals surface area contributed by atoms with Gasteiger partial charge in [0, 0.05) is 13.0 Å². The maximum atomic E-state index is 8.78. The molecule has 0 aliphatic carbocycles. The molecule has 4 nitrogen and oxygen atoms in total. The van der Waals surface area contributed by atoms with Gasteiger partial charge < -0.3 is 9.30 Å². The van der Waals surface area contributed by atoms with Gasteiger partial charge in [0.2, 0.25) is 0 Å². The van der Waals surface area contributed by atoms with Crippen molar-refractivity contribution in [1.82, 2.24) is 9.55 Å². The molecule has 4 heteroatoms. The van der Waals surface area contributed by atoms with Crippen molar-refractivity contribution in [2.24, 2.45) is 0 Å². The molecule has 24 heavy (non-hydrogen) atoms. The van der Waals surface area contributed by atoms with Gasteiger partial charge in [-0.1, -0.05) is 31.2 Å². The quantitative estimate of drug-likeness (QED) is 0.603. The third-order valence-corrected chi connectivity index (χ3v) is 4.08. The summed E-state index contributed by atoms with van der Waals surface area (Å²) in [4.78, 5) is 4.70. The zero-order valence-electron chi connectivity index (χ0n) is 13.9. The average molecular weight is 319 g/mol. The summed E-state index contributed by atoms with van der Waals surface area (Å²) in [6.45, 7) is 3.34. The number of nitrogens with zero attached hydrogens (tertiary/aromatic N) is 3. The van der Waals surface area contributed by atoms with Crippen LogP contribution >= 0.6 is 0 Å². The molecule has 122 valence electrons. The highest BCUT2D eigenvalue weighted by Gasteiger charge is 2.11. The summed E-state index contributed by atoms with van der Waals surface area (Å²) >= 11 is 0. The van der Waals surface area contributed by atoms with E-state index in [1.54, 1.807) is 0 Å². The van der Waals surface area contributed by atoms with Crippen LogP contribution in [0.25, 0.3) is 11.0 Å². The third-order valence-electron chi connectivity index (χ3n) is 4.08. The monoisotopic (exact) mass is 319 g/mol. The van der Waals surface area contributed by atoms with Crippen LogP contribution in [0.2, 0.25) is 0 Å². The molecule has 3 aromatic rings. The summed E-state index contributed by atoms with van der Waals surface area (Å²) in [5.41, 5.74) is 3.32. The van der Waals surface area contributed by atoms with Crippen LogP contribution in [0.3, 0.4) is 0 Å². The Hall–Kier alpha value is -2.80. The molecule has 0 N–H and O–H groups in total. The number of aryl methyl sites for hydroxylation is 2. The maximum absolute atomic E-state index is 8.78. The topological polar surface area (TPSA) is 50.8 Å². The Bertz CT molecular complexity index is 861. The lowest BCUT2D eigenvalue weighted by Crippen LogP contribution is -2.07.